The Kier molecular flexibility index (Phi) is 8.83. The van der Waals surface area contributed by atoms with Gasteiger partial charge >= 0.3 is 0 Å². The molecule has 0 bridgehead atoms. The van der Waals surface area contributed by atoms with Crippen molar-refractivity contribution >= 4 is 11.6 Å². The quantitative estimate of drug-likeness (QED) is 0.457. The van der Waals surface area contributed by atoms with Gasteiger partial charge in [0.2, 0.25) is 0 Å². The van der Waals surface area contributed by atoms with E-state index in [-0.39, 0.29) is 0 Å². The van der Waals surface area contributed by atoms with Crippen LogP contribution in [0, 0.1) is 0 Å². The number of hydrazine groups is 1. The summed E-state index contributed by atoms with van der Waals surface area (Å²) in [6.45, 7) is 3.44. The molecule has 0 saturated carbocycles. The Morgan fingerprint density at radius 1 is 1.60 bits per heavy atom. The first-order valence-corrected chi connectivity index (χ1v) is 3.70. The number of nitrogens with one attached hydrogen (secondary N) is 2. The molecule has 0 aromatic carbocycles. The molecule has 0 aliphatic heterocycles. The van der Waals surface area contributed by atoms with Crippen molar-refractivity contribution in [2.45, 2.75) is 13.3 Å². The van der Waals surface area contributed by atoms with Gasteiger partial charge in [0.15, 0.2) is 0 Å². The van der Waals surface area contributed by atoms with Crippen LogP contribution in [-0.2, 0) is 4.84 Å². The minimum absolute atomic E-state index is 0.472. The maximum atomic E-state index is 5.23. The van der Waals surface area contributed by atoms with E-state index in [1.165, 1.54) is 5.54 Å². The van der Waals surface area contributed by atoms with E-state index in [0.717, 1.165) is 13.0 Å². The third-order valence-electron chi connectivity index (χ3n) is 0.788. The van der Waals surface area contributed by atoms with Gasteiger partial charge in [-0.25, -0.2) is 5.43 Å². The summed E-state index contributed by atoms with van der Waals surface area (Å²) in [6, 6.07) is 0. The SMILES string of the molecule is CCCNNOC/C=C/Cl. The molecular formula is C6H13ClN2O. The molecule has 3 nitrogen and oxygen atoms in total. The van der Waals surface area contributed by atoms with Crippen molar-refractivity contribution in [3.8, 4) is 0 Å². The average Bonchev–Trinajstić information content (AvgIpc) is 1.97. The van der Waals surface area contributed by atoms with Crippen LogP contribution in [0.3, 0.4) is 0 Å². The molecule has 4 heteroatoms. The molecule has 0 aliphatic rings. The van der Waals surface area contributed by atoms with Gasteiger partial charge in [0, 0.05) is 12.1 Å². The molecule has 0 radical (unpaired) electrons. The van der Waals surface area contributed by atoms with E-state index in [4.69, 9.17) is 16.4 Å². The maximum Gasteiger partial charge on any atom is 0.0891 e. The second-order valence-corrected chi connectivity index (χ2v) is 1.95. The second kappa shape index (κ2) is 8.91. The molecule has 0 aromatic rings. The first kappa shape index (κ1) is 9.91. The Balaban J connectivity index is 2.77. The van der Waals surface area contributed by atoms with E-state index in [2.05, 4.69) is 17.9 Å². The summed E-state index contributed by atoms with van der Waals surface area (Å²) >= 11 is 5.23. The lowest BCUT2D eigenvalue weighted by molar-refractivity contribution is 0.0299. The van der Waals surface area contributed by atoms with E-state index in [1.807, 2.05) is 0 Å². The fourth-order valence-electron chi connectivity index (χ4n) is 0.353. The summed E-state index contributed by atoms with van der Waals surface area (Å²) in [5, 5.41) is 0. The molecule has 0 heterocycles. The van der Waals surface area contributed by atoms with E-state index < -0.39 is 0 Å². The van der Waals surface area contributed by atoms with Crippen LogP contribution in [0.15, 0.2) is 11.6 Å². The topological polar surface area (TPSA) is 33.3 Å². The molecule has 0 saturated heterocycles. The molecular weight excluding hydrogens is 152 g/mol. The van der Waals surface area contributed by atoms with E-state index in [0.29, 0.717) is 6.61 Å². The highest BCUT2D eigenvalue weighted by molar-refractivity contribution is 6.25. The average molecular weight is 165 g/mol. The summed E-state index contributed by atoms with van der Waals surface area (Å²) in [4.78, 5) is 4.84. The predicted molar refractivity (Wildman–Crippen MR) is 42.4 cm³/mol. The van der Waals surface area contributed by atoms with Crippen molar-refractivity contribution in [1.29, 1.82) is 0 Å². The number of hydrogen-bond acceptors (Lipinski definition) is 3. The lowest BCUT2D eigenvalue weighted by Gasteiger charge is -2.02. The van der Waals surface area contributed by atoms with Crippen molar-refractivity contribution in [1.82, 2.24) is 11.0 Å². The highest BCUT2D eigenvalue weighted by Gasteiger charge is 1.79. The fourth-order valence-corrected chi connectivity index (χ4v) is 0.426. The number of halogens is 1. The third kappa shape index (κ3) is 7.91. The minimum atomic E-state index is 0.472. The Labute approximate surface area is 66.3 Å². The molecule has 0 rings (SSSR count). The predicted octanol–water partition coefficient (Wildman–Crippen LogP) is 1.17. The molecule has 60 valence electrons. The molecule has 0 aliphatic carbocycles. The van der Waals surface area contributed by atoms with Crippen molar-refractivity contribution in [3.63, 3.8) is 0 Å². The van der Waals surface area contributed by atoms with Crippen LogP contribution in [-0.4, -0.2) is 13.2 Å². The van der Waals surface area contributed by atoms with Crippen LogP contribution >= 0.6 is 11.6 Å². The standard InChI is InChI=1S/C6H13ClN2O/c1-2-5-8-9-10-6-3-4-7/h3-4,8-9H,2,5-6H2,1H3/b4-3+. The normalized spacial score (nSPS) is 11.0. The smallest absolute Gasteiger partial charge is 0.0891 e. The Morgan fingerprint density at radius 3 is 3.00 bits per heavy atom. The van der Waals surface area contributed by atoms with Crippen LogP contribution < -0.4 is 11.0 Å². The number of rotatable bonds is 6. The molecule has 10 heavy (non-hydrogen) atoms. The van der Waals surface area contributed by atoms with Crippen molar-refractivity contribution in [2.24, 2.45) is 0 Å². The highest BCUT2D eigenvalue weighted by Crippen LogP contribution is 1.76. The van der Waals surface area contributed by atoms with Gasteiger partial charge in [-0.2, -0.15) is 0 Å². The first-order chi connectivity index (χ1) is 4.91. The van der Waals surface area contributed by atoms with Crippen LogP contribution in [0.5, 0.6) is 0 Å². The molecule has 0 atom stereocenters. The summed E-state index contributed by atoms with van der Waals surface area (Å²) < 4.78 is 0. The van der Waals surface area contributed by atoms with Gasteiger partial charge in [0.05, 0.1) is 6.61 Å². The van der Waals surface area contributed by atoms with Crippen molar-refractivity contribution in [2.75, 3.05) is 13.2 Å². The zero-order valence-electron chi connectivity index (χ0n) is 6.06. The summed E-state index contributed by atoms with van der Waals surface area (Å²) in [5.74, 6) is 0. The summed E-state index contributed by atoms with van der Waals surface area (Å²) in [7, 11) is 0. The van der Waals surface area contributed by atoms with Crippen molar-refractivity contribution < 1.29 is 4.84 Å². The monoisotopic (exact) mass is 164 g/mol. The zero-order chi connectivity index (χ0) is 7.66. The van der Waals surface area contributed by atoms with Crippen LogP contribution in [0.25, 0.3) is 0 Å². The van der Waals surface area contributed by atoms with Gasteiger partial charge in [-0.15, -0.1) is 5.59 Å². The lowest BCUT2D eigenvalue weighted by Crippen LogP contribution is -2.32. The molecule has 0 spiro atoms. The van der Waals surface area contributed by atoms with Gasteiger partial charge in [-0.3, -0.25) is 4.84 Å². The van der Waals surface area contributed by atoms with Gasteiger partial charge in [0.25, 0.3) is 0 Å². The van der Waals surface area contributed by atoms with E-state index in [9.17, 15) is 0 Å². The van der Waals surface area contributed by atoms with Crippen LogP contribution in [0.2, 0.25) is 0 Å². The van der Waals surface area contributed by atoms with Crippen molar-refractivity contribution in [3.05, 3.63) is 11.6 Å². The number of hydrogen-bond donors (Lipinski definition) is 2. The molecule has 0 fully saturated rings. The fraction of sp³-hybridized carbons (Fsp3) is 0.667. The van der Waals surface area contributed by atoms with Crippen LogP contribution in [0.1, 0.15) is 13.3 Å². The largest absolute Gasteiger partial charge is 0.283 e. The Hall–Kier alpha value is -0.0900. The molecule has 0 amide bonds. The minimum Gasteiger partial charge on any atom is -0.283 e. The highest BCUT2D eigenvalue weighted by atomic mass is 35.5. The molecule has 0 aromatic heterocycles. The van der Waals surface area contributed by atoms with E-state index in [1.54, 1.807) is 6.08 Å². The van der Waals surface area contributed by atoms with E-state index >= 15 is 0 Å². The Bertz CT molecular complexity index is 87.8. The molecule has 0 unspecified atom stereocenters. The lowest BCUT2D eigenvalue weighted by atomic mass is 10.5. The second-order valence-electron chi connectivity index (χ2n) is 1.70. The van der Waals surface area contributed by atoms with Gasteiger partial charge in [-0.1, -0.05) is 18.5 Å². The summed E-state index contributed by atoms with van der Waals surface area (Å²) in [5.41, 5.74) is 6.82. The Morgan fingerprint density at radius 2 is 2.40 bits per heavy atom. The van der Waals surface area contributed by atoms with Gasteiger partial charge < -0.3 is 0 Å². The summed E-state index contributed by atoms with van der Waals surface area (Å²) in [6.07, 6.45) is 2.77. The van der Waals surface area contributed by atoms with Gasteiger partial charge in [0.1, 0.15) is 0 Å². The maximum absolute atomic E-state index is 5.23. The third-order valence-corrected chi connectivity index (χ3v) is 0.966. The zero-order valence-corrected chi connectivity index (χ0v) is 6.82. The van der Waals surface area contributed by atoms with Crippen LogP contribution in [0.4, 0.5) is 0 Å². The molecule has 2 N–H and O–H groups in total. The first-order valence-electron chi connectivity index (χ1n) is 3.26. The van der Waals surface area contributed by atoms with Gasteiger partial charge in [-0.05, 0) is 12.5 Å².